The van der Waals surface area contributed by atoms with Crippen LogP contribution in [0.3, 0.4) is 0 Å². The third-order valence-corrected chi connectivity index (χ3v) is 6.91. The summed E-state index contributed by atoms with van der Waals surface area (Å²) in [5, 5.41) is 9.69. The van der Waals surface area contributed by atoms with E-state index >= 15 is 0 Å². The Balaban J connectivity index is 1.50. The zero-order chi connectivity index (χ0) is 24.9. The van der Waals surface area contributed by atoms with E-state index < -0.39 is 11.8 Å². The Morgan fingerprint density at radius 3 is 2.29 bits per heavy atom. The van der Waals surface area contributed by atoms with Crippen molar-refractivity contribution in [1.82, 2.24) is 9.97 Å². The van der Waals surface area contributed by atoms with E-state index in [4.69, 9.17) is 9.47 Å². The number of aryl methyl sites for hydroxylation is 1. The van der Waals surface area contributed by atoms with E-state index in [1.807, 2.05) is 19.3 Å². The molecule has 35 heavy (non-hydrogen) atoms. The minimum Gasteiger partial charge on any atom is -0.434 e. The molecule has 0 amide bonds. The van der Waals surface area contributed by atoms with Crippen LogP contribution < -0.4 is 0 Å². The number of nitriles is 1. The number of aromatic nitrogens is 2. The average molecular weight is 478 g/mol. The summed E-state index contributed by atoms with van der Waals surface area (Å²) in [6, 6.07) is 10.6. The molecular formula is C29H39N3O3. The normalized spacial score (nSPS) is 19.6. The van der Waals surface area contributed by atoms with Crippen molar-refractivity contribution >= 4 is 6.16 Å². The molecule has 1 aromatic carbocycles. The average Bonchev–Trinajstić information content (AvgIpc) is 2.90. The summed E-state index contributed by atoms with van der Waals surface area (Å²) in [6.07, 6.45) is 14.9. The summed E-state index contributed by atoms with van der Waals surface area (Å²) in [6.45, 7) is 4.59. The molecule has 0 atom stereocenters. The van der Waals surface area contributed by atoms with Gasteiger partial charge in [-0.2, -0.15) is 5.26 Å². The van der Waals surface area contributed by atoms with E-state index in [0.717, 1.165) is 43.5 Å². The first-order valence-electron chi connectivity index (χ1n) is 13.3. The number of benzene rings is 1. The second-order valence-corrected chi connectivity index (χ2v) is 9.64. The maximum absolute atomic E-state index is 12.0. The minimum atomic E-state index is -1.08. The molecule has 1 heterocycles. The van der Waals surface area contributed by atoms with Gasteiger partial charge in [-0.1, -0.05) is 70.2 Å². The Morgan fingerprint density at radius 1 is 1.00 bits per heavy atom. The number of carbonyl (C=O) groups is 1. The number of carbonyl (C=O) groups excluding carboxylic acids is 1. The number of hydrogen-bond donors (Lipinski definition) is 0. The van der Waals surface area contributed by atoms with Crippen LogP contribution in [-0.2, 0) is 15.9 Å². The molecule has 1 aliphatic carbocycles. The maximum Gasteiger partial charge on any atom is 0.509 e. The molecule has 0 N–H and O–H groups in total. The van der Waals surface area contributed by atoms with E-state index in [1.165, 1.54) is 43.2 Å². The molecule has 0 unspecified atom stereocenters. The second-order valence-electron chi connectivity index (χ2n) is 9.64. The van der Waals surface area contributed by atoms with E-state index in [0.29, 0.717) is 25.4 Å². The van der Waals surface area contributed by atoms with E-state index in [-0.39, 0.29) is 0 Å². The predicted octanol–water partition coefficient (Wildman–Crippen LogP) is 7.53. The summed E-state index contributed by atoms with van der Waals surface area (Å²) < 4.78 is 10.5. The minimum absolute atomic E-state index is 0.331. The van der Waals surface area contributed by atoms with Crippen LogP contribution >= 0.6 is 0 Å². The van der Waals surface area contributed by atoms with Crippen LogP contribution in [0.4, 0.5) is 4.79 Å². The fraction of sp³-hybridized carbons (Fsp3) is 0.586. The number of nitrogens with zero attached hydrogens (tertiary/aromatic N) is 3. The molecule has 2 aromatic rings. The molecule has 0 saturated heterocycles. The van der Waals surface area contributed by atoms with Gasteiger partial charge in [0.25, 0.3) is 0 Å². The molecule has 3 rings (SSSR count). The highest BCUT2D eigenvalue weighted by Gasteiger charge is 2.40. The predicted molar refractivity (Wildman–Crippen MR) is 137 cm³/mol. The van der Waals surface area contributed by atoms with E-state index in [2.05, 4.69) is 47.2 Å². The van der Waals surface area contributed by atoms with Crippen molar-refractivity contribution in [2.45, 2.75) is 102 Å². The van der Waals surface area contributed by atoms with Gasteiger partial charge in [0.1, 0.15) is 6.07 Å². The smallest absolute Gasteiger partial charge is 0.434 e. The molecule has 1 fully saturated rings. The molecule has 0 radical (unpaired) electrons. The molecule has 1 aromatic heterocycles. The van der Waals surface area contributed by atoms with Gasteiger partial charge < -0.3 is 9.47 Å². The molecule has 0 aliphatic heterocycles. The maximum atomic E-state index is 12.0. The molecule has 6 nitrogen and oxygen atoms in total. The van der Waals surface area contributed by atoms with Crippen LogP contribution in [0, 0.1) is 11.3 Å². The molecule has 188 valence electrons. The molecule has 0 spiro atoms. The van der Waals surface area contributed by atoms with Gasteiger partial charge in [0.2, 0.25) is 5.60 Å². The lowest BCUT2D eigenvalue weighted by molar-refractivity contribution is -0.0260. The Labute approximate surface area is 210 Å². The highest BCUT2D eigenvalue weighted by molar-refractivity contribution is 5.61. The Kier molecular flexibility index (Phi) is 10.5. The van der Waals surface area contributed by atoms with Crippen LogP contribution in [0.5, 0.6) is 0 Å². The number of ether oxygens (including phenoxy) is 2. The zero-order valence-corrected chi connectivity index (χ0v) is 21.3. The molecule has 1 aliphatic rings. The number of unbranched alkanes of at least 4 members (excludes halogenated alkanes) is 5. The number of rotatable bonds is 12. The van der Waals surface area contributed by atoms with Crippen molar-refractivity contribution in [3.8, 4) is 17.5 Å². The van der Waals surface area contributed by atoms with Crippen LogP contribution in [0.1, 0.15) is 102 Å². The standard InChI is InChI=1S/C29H39N3O3/c1-3-5-7-8-9-10-23-20-31-27(32-21-23)26-13-11-24(12-14-26)25-15-17-29(22-30,18-16-25)35-28(33)34-19-6-4-2/h11-14,20-21,25H,3-10,15-19H2,1-2H3/t25-,29+. The summed E-state index contributed by atoms with van der Waals surface area (Å²) in [5.74, 6) is 1.08. The monoisotopic (exact) mass is 477 g/mol. The quantitative estimate of drug-likeness (QED) is 0.232. The Hall–Kier alpha value is -2.94. The molecular weight excluding hydrogens is 438 g/mol. The fourth-order valence-electron chi connectivity index (χ4n) is 4.61. The van der Waals surface area contributed by atoms with Gasteiger partial charge in [0.15, 0.2) is 5.82 Å². The van der Waals surface area contributed by atoms with Gasteiger partial charge in [-0.25, -0.2) is 14.8 Å². The van der Waals surface area contributed by atoms with Gasteiger partial charge in [-0.05, 0) is 49.1 Å². The summed E-state index contributed by atoms with van der Waals surface area (Å²) in [4.78, 5) is 21.1. The van der Waals surface area contributed by atoms with Gasteiger partial charge in [-0.15, -0.1) is 0 Å². The largest absolute Gasteiger partial charge is 0.509 e. The molecule has 6 heteroatoms. The SMILES string of the molecule is CCCCCCCc1cnc(-c2ccc([C@H]3CC[C@@](C#N)(OC(=O)OCCCC)CC3)cc2)nc1. The van der Waals surface area contributed by atoms with Crippen molar-refractivity contribution in [3.63, 3.8) is 0 Å². The summed E-state index contributed by atoms with van der Waals surface area (Å²) in [7, 11) is 0. The van der Waals surface area contributed by atoms with Gasteiger partial charge in [0.05, 0.1) is 6.61 Å². The second kappa shape index (κ2) is 13.8. The number of hydrogen-bond acceptors (Lipinski definition) is 6. The summed E-state index contributed by atoms with van der Waals surface area (Å²) in [5.41, 5.74) is 2.35. The van der Waals surface area contributed by atoms with Gasteiger partial charge >= 0.3 is 6.16 Å². The van der Waals surface area contributed by atoms with Crippen molar-refractivity contribution in [2.75, 3.05) is 6.61 Å². The van der Waals surface area contributed by atoms with Crippen LogP contribution in [0.15, 0.2) is 36.7 Å². The lowest BCUT2D eigenvalue weighted by Gasteiger charge is -2.34. The first-order chi connectivity index (χ1) is 17.1. The fourth-order valence-corrected chi connectivity index (χ4v) is 4.61. The first-order valence-corrected chi connectivity index (χ1v) is 13.3. The van der Waals surface area contributed by atoms with Gasteiger partial charge in [0, 0.05) is 30.8 Å². The lowest BCUT2D eigenvalue weighted by atomic mass is 9.76. The third kappa shape index (κ3) is 8.06. The zero-order valence-electron chi connectivity index (χ0n) is 21.3. The van der Waals surface area contributed by atoms with E-state index in [9.17, 15) is 10.1 Å². The van der Waals surface area contributed by atoms with Gasteiger partial charge in [-0.3, -0.25) is 0 Å². The van der Waals surface area contributed by atoms with Crippen LogP contribution in [0.2, 0.25) is 0 Å². The third-order valence-electron chi connectivity index (χ3n) is 6.91. The molecule has 0 bridgehead atoms. The summed E-state index contributed by atoms with van der Waals surface area (Å²) >= 11 is 0. The lowest BCUT2D eigenvalue weighted by Crippen LogP contribution is -2.37. The van der Waals surface area contributed by atoms with Crippen molar-refractivity contribution in [2.24, 2.45) is 0 Å². The molecule has 1 saturated carbocycles. The highest BCUT2D eigenvalue weighted by Crippen LogP contribution is 2.40. The first kappa shape index (κ1) is 26.7. The Bertz CT molecular complexity index is 943. The van der Waals surface area contributed by atoms with E-state index in [1.54, 1.807) is 0 Å². The van der Waals surface area contributed by atoms with Crippen molar-refractivity contribution in [3.05, 3.63) is 47.8 Å². The Morgan fingerprint density at radius 2 is 1.66 bits per heavy atom. The van der Waals surface area contributed by atoms with Crippen molar-refractivity contribution in [1.29, 1.82) is 5.26 Å². The van der Waals surface area contributed by atoms with Crippen molar-refractivity contribution < 1.29 is 14.3 Å². The topological polar surface area (TPSA) is 85.1 Å². The van der Waals surface area contributed by atoms with Crippen LogP contribution in [-0.4, -0.2) is 28.3 Å². The highest BCUT2D eigenvalue weighted by atomic mass is 16.7. The van der Waals surface area contributed by atoms with Crippen LogP contribution in [0.25, 0.3) is 11.4 Å².